The van der Waals surface area contributed by atoms with Gasteiger partial charge in [-0.15, -0.1) is 23.2 Å². The van der Waals surface area contributed by atoms with Crippen LogP contribution in [0, 0.1) is 0 Å². The number of hydrogen-bond donors (Lipinski definition) is 2. The molecule has 0 saturated carbocycles. The topological polar surface area (TPSA) is 189 Å². The lowest BCUT2D eigenvalue weighted by Crippen LogP contribution is -2.09. The Morgan fingerprint density at radius 3 is 1.22 bits per heavy atom. The van der Waals surface area contributed by atoms with Crippen molar-refractivity contribution in [2.45, 2.75) is 76.4 Å². The fraction of sp³-hybridized carbons (Fsp3) is 0.246. The van der Waals surface area contributed by atoms with Crippen LogP contribution >= 0.6 is 23.2 Å². The highest BCUT2D eigenvalue weighted by Crippen LogP contribution is 2.25. The van der Waals surface area contributed by atoms with E-state index in [1.165, 1.54) is 24.3 Å². The van der Waals surface area contributed by atoms with E-state index in [-0.39, 0.29) is 52.4 Å². The number of benzene rings is 6. The minimum atomic E-state index is -0.943. The summed E-state index contributed by atoms with van der Waals surface area (Å²) < 4.78 is 27.1. The second-order valence-electron chi connectivity index (χ2n) is 17.4. The van der Waals surface area contributed by atoms with Crippen LogP contribution in [0.1, 0.15) is 117 Å². The molecule has 15 heteroatoms. The molecule has 76 heavy (non-hydrogen) atoms. The predicted molar refractivity (Wildman–Crippen MR) is 291 cm³/mol. The average molecular weight is 1070 g/mol. The number of unbranched alkanes of at least 4 members (excludes halogenated alkanes) is 4. The minimum absolute atomic E-state index is 0.00974. The molecule has 2 saturated heterocycles. The van der Waals surface area contributed by atoms with E-state index in [1.807, 2.05) is 36.4 Å². The second-order valence-corrected chi connectivity index (χ2v) is 18.2. The third kappa shape index (κ3) is 20.0. The number of alkyl halides is 2. The van der Waals surface area contributed by atoms with Crippen molar-refractivity contribution in [2.75, 3.05) is 18.6 Å². The van der Waals surface area contributed by atoms with Crippen LogP contribution < -0.4 is 14.2 Å². The maximum absolute atomic E-state index is 12.5. The number of esters is 3. The number of phenols is 1. The van der Waals surface area contributed by atoms with Crippen molar-refractivity contribution in [1.29, 1.82) is 0 Å². The van der Waals surface area contributed by atoms with Crippen molar-refractivity contribution in [2.24, 2.45) is 0 Å². The van der Waals surface area contributed by atoms with Crippen LogP contribution in [0.3, 0.4) is 0 Å². The fourth-order valence-corrected chi connectivity index (χ4v) is 7.62. The van der Waals surface area contributed by atoms with E-state index < -0.39 is 11.9 Å². The summed E-state index contributed by atoms with van der Waals surface area (Å²) in [5.74, 6) is -0.211. The highest BCUT2D eigenvalue weighted by atomic mass is 35.5. The average Bonchev–Trinajstić information content (AvgIpc) is 3.95. The minimum Gasteiger partial charge on any atom is -0.508 e. The number of carbonyl (C=O) groups is 6. The van der Waals surface area contributed by atoms with Gasteiger partial charge in [0.25, 0.3) is 0 Å². The zero-order valence-electron chi connectivity index (χ0n) is 41.9. The van der Waals surface area contributed by atoms with Crippen molar-refractivity contribution in [3.63, 3.8) is 0 Å². The number of halogens is 2. The molecule has 0 amide bonds. The van der Waals surface area contributed by atoms with Crippen LogP contribution in [-0.4, -0.2) is 76.4 Å². The third-order valence-corrected chi connectivity index (χ3v) is 11.7. The Hall–Kier alpha value is -8.00. The summed E-state index contributed by atoms with van der Waals surface area (Å²) in [4.78, 5) is 70.1. The molecule has 396 valence electrons. The first-order valence-electron chi connectivity index (χ1n) is 24.6. The molecule has 13 nitrogen and oxygen atoms in total. The van der Waals surface area contributed by atoms with Gasteiger partial charge in [-0.05, 0) is 148 Å². The molecule has 0 aromatic heterocycles. The number of phenolic OH excluding ortho intramolecular Hbond substituents is 1. The standard InChI is InChI=1S/C30H28O6.C17H20O5.C13H10O2.CH2Cl2/c1-21-20-27(36-29(21)32)10-6-3-7-19-34-25-15-13-24(14-16-25)30(33)35-26-17-11-23(12-18-26)28(31)22-8-4-2-5-9-22;1-12-11-15(22-17(12)20)5-3-2-4-10-21-14-8-6-13(7-9-14)16(18)19;14-12-8-6-11(7-9-12)13(15)10-4-2-1-3-5-10;2-1-3/h2,4-5,8-9,11-18,27H,1,3,6-7,10,19-20H2;6-9,15H,1-5,10-11H2,(H,18,19);1-9,14H;1H2. The number of ether oxygens (including phenoxy) is 5. The summed E-state index contributed by atoms with van der Waals surface area (Å²) in [6.07, 6.45) is 8.62. The van der Waals surface area contributed by atoms with Crippen LogP contribution in [-0.2, 0) is 19.1 Å². The van der Waals surface area contributed by atoms with Gasteiger partial charge < -0.3 is 33.9 Å². The predicted octanol–water partition coefficient (Wildman–Crippen LogP) is 13.2. The van der Waals surface area contributed by atoms with E-state index in [0.29, 0.717) is 82.3 Å². The van der Waals surface area contributed by atoms with Crippen molar-refractivity contribution in [3.8, 4) is 23.0 Å². The number of carboxylic acids is 1. The highest BCUT2D eigenvalue weighted by Gasteiger charge is 2.27. The van der Waals surface area contributed by atoms with Gasteiger partial charge in [-0.2, -0.15) is 0 Å². The molecular weight excluding hydrogens is 1010 g/mol. The first-order valence-corrected chi connectivity index (χ1v) is 25.7. The molecule has 6 aromatic carbocycles. The largest absolute Gasteiger partial charge is 0.508 e. The number of aromatic carboxylic acids is 1. The van der Waals surface area contributed by atoms with E-state index in [9.17, 15) is 28.8 Å². The number of hydrogen-bond acceptors (Lipinski definition) is 12. The van der Waals surface area contributed by atoms with E-state index >= 15 is 0 Å². The number of carbonyl (C=O) groups excluding carboxylic acids is 5. The Morgan fingerprint density at radius 2 is 0.842 bits per heavy atom. The normalized spacial score (nSPS) is 14.2. The summed E-state index contributed by atoms with van der Waals surface area (Å²) in [6.45, 7) is 8.51. The number of cyclic esters (lactones) is 2. The van der Waals surface area contributed by atoms with Gasteiger partial charge in [0.05, 0.1) is 29.7 Å². The Balaban J connectivity index is 0.000000225. The van der Waals surface area contributed by atoms with Crippen LogP contribution in [0.25, 0.3) is 0 Å². The van der Waals surface area contributed by atoms with Crippen LogP contribution in [0.4, 0.5) is 0 Å². The summed E-state index contributed by atoms with van der Waals surface area (Å²) in [5, 5.41) is 18.1. The molecule has 0 aliphatic carbocycles. The van der Waals surface area contributed by atoms with Gasteiger partial charge in [0, 0.05) is 46.2 Å². The van der Waals surface area contributed by atoms with Crippen molar-refractivity contribution < 1.29 is 62.7 Å². The third-order valence-electron chi connectivity index (χ3n) is 11.7. The van der Waals surface area contributed by atoms with Crippen molar-refractivity contribution >= 4 is 58.6 Å². The Bertz CT molecular complexity index is 2800. The van der Waals surface area contributed by atoms with Gasteiger partial charge in [0.2, 0.25) is 0 Å². The van der Waals surface area contributed by atoms with Crippen molar-refractivity contribution in [1.82, 2.24) is 0 Å². The summed E-state index contributed by atoms with van der Waals surface area (Å²) in [6, 6.07) is 44.0. The van der Waals surface area contributed by atoms with E-state index in [4.69, 9.17) is 57.1 Å². The van der Waals surface area contributed by atoms with Gasteiger partial charge >= 0.3 is 23.9 Å². The molecule has 2 heterocycles. The summed E-state index contributed by atoms with van der Waals surface area (Å²) >= 11 is 9.53. The lowest BCUT2D eigenvalue weighted by atomic mass is 10.0. The number of rotatable bonds is 21. The van der Waals surface area contributed by atoms with Gasteiger partial charge in [-0.3, -0.25) is 9.59 Å². The molecule has 0 bridgehead atoms. The molecule has 2 aliphatic rings. The Kier molecular flexibility index (Phi) is 24.5. The first kappa shape index (κ1) is 58.9. The summed E-state index contributed by atoms with van der Waals surface area (Å²) in [5.41, 5.74) is 4.15. The molecule has 2 atom stereocenters. The van der Waals surface area contributed by atoms with E-state index in [2.05, 4.69) is 13.2 Å². The lowest BCUT2D eigenvalue weighted by molar-refractivity contribution is -0.140. The van der Waals surface area contributed by atoms with Gasteiger partial charge in [0.1, 0.15) is 35.2 Å². The SMILES string of the molecule is C=C1CC(CCCCCOc2ccc(C(=O)O)cc2)OC1=O.C=C1CC(CCCCCOc2ccc(C(=O)Oc3ccc(C(=O)c4ccccc4)cc3)cc2)OC1=O.ClCCl.O=C(c1ccccc1)c1ccc(O)cc1. The van der Waals surface area contributed by atoms with Gasteiger partial charge in [0.15, 0.2) is 11.6 Å². The molecule has 0 spiro atoms. The van der Waals surface area contributed by atoms with Crippen LogP contribution in [0.2, 0.25) is 0 Å². The molecule has 2 aliphatic heterocycles. The molecule has 2 N–H and O–H groups in total. The lowest BCUT2D eigenvalue weighted by Gasteiger charge is -2.09. The van der Waals surface area contributed by atoms with E-state index in [1.54, 1.807) is 97.1 Å². The molecule has 2 fully saturated rings. The van der Waals surface area contributed by atoms with Gasteiger partial charge in [-0.1, -0.05) is 73.8 Å². The molecule has 0 radical (unpaired) electrons. The number of carboxylic acid groups (broad SMARTS) is 1. The van der Waals surface area contributed by atoms with Crippen LogP contribution in [0.15, 0.2) is 182 Å². The van der Waals surface area contributed by atoms with E-state index in [0.717, 1.165) is 51.4 Å². The Morgan fingerprint density at radius 1 is 0.487 bits per heavy atom. The molecule has 6 aromatic rings. The molecule has 2 unspecified atom stereocenters. The maximum atomic E-state index is 12.5. The molecule has 8 rings (SSSR count). The zero-order chi connectivity index (χ0) is 54.7. The Labute approximate surface area is 452 Å². The summed E-state index contributed by atoms with van der Waals surface area (Å²) in [7, 11) is 0. The fourth-order valence-electron chi connectivity index (χ4n) is 7.62. The zero-order valence-corrected chi connectivity index (χ0v) is 43.4. The molecular formula is C61H60Cl2O13. The van der Waals surface area contributed by atoms with Crippen molar-refractivity contribution in [3.05, 3.63) is 215 Å². The van der Waals surface area contributed by atoms with Gasteiger partial charge in [-0.25, -0.2) is 19.2 Å². The maximum Gasteiger partial charge on any atom is 0.343 e. The quantitative estimate of drug-likeness (QED) is 0.0173. The first-order chi connectivity index (χ1) is 36.7. The van der Waals surface area contributed by atoms with Crippen LogP contribution in [0.5, 0.6) is 23.0 Å². The monoisotopic (exact) mass is 1070 g/mol. The number of aromatic hydroxyl groups is 1. The smallest absolute Gasteiger partial charge is 0.343 e. The second kappa shape index (κ2) is 31.7. The number of ketones is 2. The highest BCUT2D eigenvalue weighted by molar-refractivity contribution is 6.40.